The minimum Gasteiger partial charge on any atom is -0.458 e. The molecule has 2 aromatic rings. The monoisotopic (exact) mass is 492 g/mol. The molecular formula is C29H36N2O5. The zero-order valence-electron chi connectivity index (χ0n) is 20.7. The summed E-state index contributed by atoms with van der Waals surface area (Å²) in [5.41, 5.74) is 14.1. The molecule has 7 nitrogen and oxygen atoms in total. The molecule has 0 aromatic heterocycles. The molecule has 1 aliphatic rings. The van der Waals surface area contributed by atoms with Gasteiger partial charge in [0.05, 0.1) is 12.0 Å². The van der Waals surface area contributed by atoms with Crippen molar-refractivity contribution in [3.05, 3.63) is 72.3 Å². The number of unbranched alkanes of at least 4 members (excludes halogenated alkanes) is 2. The largest absolute Gasteiger partial charge is 0.458 e. The lowest BCUT2D eigenvalue weighted by atomic mass is 9.87. The maximum absolute atomic E-state index is 12.6. The summed E-state index contributed by atoms with van der Waals surface area (Å²) in [5, 5.41) is 0. The van der Waals surface area contributed by atoms with E-state index >= 15 is 0 Å². The van der Waals surface area contributed by atoms with Gasteiger partial charge in [0.2, 0.25) is 0 Å². The molecule has 0 aliphatic heterocycles. The number of allylic oxidation sites excluding steroid dienone is 1. The number of anilines is 2. The molecule has 0 amide bonds. The van der Waals surface area contributed by atoms with Crippen LogP contribution in [-0.4, -0.2) is 24.6 Å². The average Bonchev–Trinajstić information content (AvgIpc) is 2.89. The number of benzene rings is 2. The van der Waals surface area contributed by atoms with Crippen molar-refractivity contribution in [1.82, 2.24) is 0 Å². The highest BCUT2D eigenvalue weighted by molar-refractivity contribution is 5.87. The van der Waals surface area contributed by atoms with Gasteiger partial charge in [-0.3, -0.25) is 4.79 Å². The van der Waals surface area contributed by atoms with Gasteiger partial charge in [0.15, 0.2) is 0 Å². The Morgan fingerprint density at radius 2 is 1.75 bits per heavy atom. The van der Waals surface area contributed by atoms with Crippen molar-refractivity contribution in [2.45, 2.75) is 57.7 Å². The highest BCUT2D eigenvalue weighted by Gasteiger charge is 2.28. The average molecular weight is 493 g/mol. The Balaban J connectivity index is 1.38. The Kier molecular flexibility index (Phi) is 10.6. The van der Waals surface area contributed by atoms with Crippen LogP contribution >= 0.6 is 0 Å². The van der Waals surface area contributed by atoms with E-state index in [1.807, 2.05) is 6.08 Å². The smallest absolute Gasteiger partial charge is 0.331 e. The number of carbonyl (C=O) groups excluding carboxylic acids is 2. The molecule has 7 heteroatoms. The van der Waals surface area contributed by atoms with E-state index in [2.05, 4.69) is 6.58 Å². The first-order valence-corrected chi connectivity index (χ1v) is 12.5. The first-order chi connectivity index (χ1) is 17.4. The predicted molar refractivity (Wildman–Crippen MR) is 142 cm³/mol. The third-order valence-corrected chi connectivity index (χ3v) is 6.21. The summed E-state index contributed by atoms with van der Waals surface area (Å²) < 4.78 is 16.7. The third kappa shape index (κ3) is 8.89. The van der Waals surface area contributed by atoms with E-state index in [0.29, 0.717) is 22.7 Å². The van der Waals surface area contributed by atoms with Crippen LogP contribution in [0.15, 0.2) is 61.2 Å². The Labute approximate surface area is 213 Å². The van der Waals surface area contributed by atoms with Gasteiger partial charge in [0, 0.05) is 29.6 Å². The van der Waals surface area contributed by atoms with E-state index in [1.165, 1.54) is 6.08 Å². The maximum atomic E-state index is 12.6. The summed E-state index contributed by atoms with van der Waals surface area (Å²) >= 11 is 0. The number of ether oxygens (including phenoxy) is 3. The van der Waals surface area contributed by atoms with Crippen molar-refractivity contribution in [3.63, 3.8) is 0 Å². The van der Waals surface area contributed by atoms with Crippen molar-refractivity contribution in [1.29, 1.82) is 0 Å². The molecule has 192 valence electrons. The first kappa shape index (κ1) is 27.0. The number of hydrogen-bond donors (Lipinski definition) is 2. The second-order valence-electron chi connectivity index (χ2n) is 9.02. The van der Waals surface area contributed by atoms with E-state index in [1.54, 1.807) is 48.5 Å². The Morgan fingerprint density at radius 3 is 2.47 bits per heavy atom. The number of rotatable bonds is 12. The van der Waals surface area contributed by atoms with Crippen LogP contribution in [0.2, 0.25) is 0 Å². The minimum absolute atomic E-state index is 0.0404. The minimum atomic E-state index is -0.497. The molecule has 36 heavy (non-hydrogen) atoms. The topological polar surface area (TPSA) is 114 Å². The number of hydrogen-bond acceptors (Lipinski definition) is 7. The van der Waals surface area contributed by atoms with Gasteiger partial charge >= 0.3 is 11.9 Å². The second-order valence-corrected chi connectivity index (χ2v) is 9.02. The van der Waals surface area contributed by atoms with Gasteiger partial charge in [0.25, 0.3) is 0 Å². The number of esters is 2. The van der Waals surface area contributed by atoms with Crippen molar-refractivity contribution in [2.75, 3.05) is 18.1 Å². The summed E-state index contributed by atoms with van der Waals surface area (Å²) in [6.45, 7) is 4.54. The molecule has 1 aliphatic carbocycles. The van der Waals surface area contributed by atoms with Crippen LogP contribution in [0.4, 0.5) is 11.4 Å². The van der Waals surface area contributed by atoms with Gasteiger partial charge in [-0.05, 0) is 86.9 Å². The number of nitrogen functional groups attached to an aromatic ring is 2. The van der Waals surface area contributed by atoms with E-state index in [9.17, 15) is 9.59 Å². The van der Waals surface area contributed by atoms with Gasteiger partial charge in [-0.15, -0.1) is 6.58 Å². The van der Waals surface area contributed by atoms with Crippen LogP contribution in [0.1, 0.15) is 56.1 Å². The quantitative estimate of drug-likeness (QED) is 0.101. The highest BCUT2D eigenvalue weighted by Crippen LogP contribution is 2.28. The van der Waals surface area contributed by atoms with E-state index in [0.717, 1.165) is 57.1 Å². The third-order valence-electron chi connectivity index (χ3n) is 6.21. The summed E-state index contributed by atoms with van der Waals surface area (Å²) in [6.07, 6.45) is 11.6. The second kappa shape index (κ2) is 14.1. The molecule has 0 spiro atoms. The van der Waals surface area contributed by atoms with Gasteiger partial charge in [-0.2, -0.15) is 0 Å². The molecule has 1 fully saturated rings. The predicted octanol–water partition coefficient (Wildman–Crippen LogP) is 5.44. The lowest BCUT2D eigenvalue weighted by Gasteiger charge is -2.27. The fraction of sp³-hybridized carbons (Fsp3) is 0.379. The summed E-state index contributed by atoms with van der Waals surface area (Å²) in [5.74, 6) is -0.317. The van der Waals surface area contributed by atoms with Gasteiger partial charge < -0.3 is 25.7 Å². The maximum Gasteiger partial charge on any atom is 0.331 e. The van der Waals surface area contributed by atoms with Gasteiger partial charge in [-0.1, -0.05) is 18.2 Å². The standard InChI is InChI=1S/C29H36N2O5/c1-2-3-4-5-18-34-25-14-9-22(10-15-25)29(33)36-26-12-6-21(7-13-26)8-17-28(32)35-20-23-19-24(30)11-16-27(23)31/h2,6-8,11-13,16-17,19,22,25H,1,3-5,9-10,14-15,18,20,30-31H2/b17-8+. The normalized spacial score (nSPS) is 17.6. The molecule has 3 rings (SSSR count). The molecule has 0 radical (unpaired) electrons. The van der Waals surface area contributed by atoms with Crippen LogP contribution in [0, 0.1) is 5.92 Å². The summed E-state index contributed by atoms with van der Waals surface area (Å²) in [4.78, 5) is 24.6. The molecule has 0 bridgehead atoms. The zero-order chi connectivity index (χ0) is 25.8. The van der Waals surface area contributed by atoms with Crippen molar-refractivity contribution in [2.24, 2.45) is 5.92 Å². The van der Waals surface area contributed by atoms with Crippen molar-refractivity contribution >= 4 is 29.4 Å². The highest BCUT2D eigenvalue weighted by atomic mass is 16.5. The van der Waals surface area contributed by atoms with Crippen LogP contribution in [0.3, 0.4) is 0 Å². The number of carbonyl (C=O) groups is 2. The summed E-state index contributed by atoms with van der Waals surface area (Å²) in [6, 6.07) is 12.0. The van der Waals surface area contributed by atoms with Gasteiger partial charge in [0.1, 0.15) is 12.4 Å². The lowest BCUT2D eigenvalue weighted by molar-refractivity contribution is -0.141. The van der Waals surface area contributed by atoms with Crippen molar-refractivity contribution < 1.29 is 23.8 Å². The van der Waals surface area contributed by atoms with Crippen LogP contribution in [0.5, 0.6) is 5.75 Å². The number of nitrogens with two attached hydrogens (primary N) is 2. The van der Waals surface area contributed by atoms with E-state index in [4.69, 9.17) is 25.7 Å². The van der Waals surface area contributed by atoms with E-state index in [-0.39, 0.29) is 24.6 Å². The molecule has 0 atom stereocenters. The zero-order valence-corrected chi connectivity index (χ0v) is 20.7. The molecule has 4 N–H and O–H groups in total. The lowest BCUT2D eigenvalue weighted by Crippen LogP contribution is -2.29. The molecule has 2 aromatic carbocycles. The molecular weight excluding hydrogens is 456 g/mol. The van der Waals surface area contributed by atoms with Crippen molar-refractivity contribution in [3.8, 4) is 5.75 Å². The van der Waals surface area contributed by atoms with Crippen LogP contribution in [0.25, 0.3) is 6.08 Å². The molecule has 0 saturated heterocycles. The van der Waals surface area contributed by atoms with Crippen LogP contribution in [-0.2, 0) is 25.7 Å². The molecule has 0 unspecified atom stereocenters. The Morgan fingerprint density at radius 1 is 1.00 bits per heavy atom. The first-order valence-electron chi connectivity index (χ1n) is 12.5. The van der Waals surface area contributed by atoms with Crippen LogP contribution < -0.4 is 16.2 Å². The molecule has 1 saturated carbocycles. The molecule has 0 heterocycles. The fourth-order valence-electron chi connectivity index (χ4n) is 4.06. The SMILES string of the molecule is C=CCCCCOC1CCC(C(=O)Oc2ccc(/C=C/C(=O)OCc3cc(N)ccc3N)cc2)CC1. The fourth-order valence-corrected chi connectivity index (χ4v) is 4.06. The Bertz CT molecular complexity index is 1040. The summed E-state index contributed by atoms with van der Waals surface area (Å²) in [7, 11) is 0. The Hall–Kier alpha value is -3.58. The van der Waals surface area contributed by atoms with E-state index < -0.39 is 5.97 Å². The van der Waals surface area contributed by atoms with Gasteiger partial charge in [-0.25, -0.2) is 4.79 Å².